The third-order valence-corrected chi connectivity index (χ3v) is 5.76. The van der Waals surface area contributed by atoms with Crippen LogP contribution in [0.3, 0.4) is 0 Å². The predicted octanol–water partition coefficient (Wildman–Crippen LogP) is 5.51. The first-order valence-electron chi connectivity index (χ1n) is 8.33. The smallest absolute Gasteiger partial charge is 0.234 e. The van der Waals surface area contributed by atoms with E-state index in [0.29, 0.717) is 31.4 Å². The Morgan fingerprint density at radius 1 is 1.03 bits per heavy atom. The van der Waals surface area contributed by atoms with Gasteiger partial charge in [0.05, 0.1) is 33.7 Å². The number of nitrogens with one attached hydrogen (secondary N) is 1. The quantitative estimate of drug-likeness (QED) is 0.311. The molecule has 2 aromatic carbocycles. The molecule has 29 heavy (non-hydrogen) atoms. The second kappa shape index (κ2) is 8.59. The summed E-state index contributed by atoms with van der Waals surface area (Å²) in [4.78, 5) is 20.9. The number of rotatable bonds is 5. The standard InChI is InChI=1S/C19H12Cl3N5OS/c20-11-1-4-13(5-2-11)27-18-14(8-25-27)19(24-10-23-18)29-9-17(28)26-16-7-12(21)3-6-15(16)22/h1-8,10H,9H2,(H,26,28). The Labute approximate surface area is 185 Å². The van der Waals surface area contributed by atoms with Crippen LogP contribution in [0.1, 0.15) is 0 Å². The van der Waals surface area contributed by atoms with Crippen molar-refractivity contribution >= 4 is 69.2 Å². The van der Waals surface area contributed by atoms with Crippen LogP contribution in [0.25, 0.3) is 16.7 Å². The van der Waals surface area contributed by atoms with E-state index in [1.54, 1.807) is 41.2 Å². The minimum atomic E-state index is -0.226. The molecular weight excluding hydrogens is 453 g/mol. The largest absolute Gasteiger partial charge is 0.324 e. The first-order valence-corrected chi connectivity index (χ1v) is 10.5. The maximum absolute atomic E-state index is 12.3. The van der Waals surface area contributed by atoms with Crippen LogP contribution in [-0.2, 0) is 4.79 Å². The average molecular weight is 465 g/mol. The van der Waals surface area contributed by atoms with Crippen molar-refractivity contribution in [1.82, 2.24) is 19.7 Å². The van der Waals surface area contributed by atoms with E-state index in [-0.39, 0.29) is 11.7 Å². The van der Waals surface area contributed by atoms with Crippen molar-refractivity contribution in [3.05, 3.63) is 70.1 Å². The Kier molecular flexibility index (Phi) is 5.91. The second-order valence-electron chi connectivity index (χ2n) is 5.91. The molecule has 0 aliphatic rings. The van der Waals surface area contributed by atoms with Crippen molar-refractivity contribution in [2.24, 2.45) is 0 Å². The van der Waals surface area contributed by atoms with Crippen LogP contribution in [0.2, 0.25) is 15.1 Å². The number of hydrogen-bond donors (Lipinski definition) is 1. The zero-order valence-electron chi connectivity index (χ0n) is 14.6. The van der Waals surface area contributed by atoms with Crippen LogP contribution >= 0.6 is 46.6 Å². The molecule has 4 rings (SSSR count). The van der Waals surface area contributed by atoms with E-state index in [1.165, 1.54) is 18.1 Å². The number of aromatic nitrogens is 4. The Bertz CT molecular complexity index is 1200. The summed E-state index contributed by atoms with van der Waals surface area (Å²) < 4.78 is 1.70. The number of anilines is 1. The maximum Gasteiger partial charge on any atom is 0.234 e. The lowest BCUT2D eigenvalue weighted by atomic mass is 10.3. The number of hydrogen-bond acceptors (Lipinski definition) is 5. The molecule has 1 amide bonds. The van der Waals surface area contributed by atoms with Gasteiger partial charge in [-0.1, -0.05) is 46.6 Å². The van der Waals surface area contributed by atoms with Crippen molar-refractivity contribution in [3.8, 4) is 5.69 Å². The molecule has 4 aromatic rings. The minimum absolute atomic E-state index is 0.140. The molecule has 0 aliphatic carbocycles. The van der Waals surface area contributed by atoms with Gasteiger partial charge in [-0.2, -0.15) is 5.10 Å². The summed E-state index contributed by atoms with van der Waals surface area (Å²) in [6.07, 6.45) is 3.13. The summed E-state index contributed by atoms with van der Waals surface area (Å²) in [6, 6.07) is 12.2. The van der Waals surface area contributed by atoms with E-state index in [0.717, 1.165) is 11.1 Å². The van der Waals surface area contributed by atoms with Crippen LogP contribution < -0.4 is 5.32 Å². The molecular formula is C19H12Cl3N5OS. The number of carbonyl (C=O) groups is 1. The Morgan fingerprint density at radius 3 is 2.59 bits per heavy atom. The minimum Gasteiger partial charge on any atom is -0.324 e. The molecule has 0 saturated heterocycles. The van der Waals surface area contributed by atoms with E-state index >= 15 is 0 Å². The zero-order valence-corrected chi connectivity index (χ0v) is 17.7. The van der Waals surface area contributed by atoms with Gasteiger partial charge in [0.15, 0.2) is 5.65 Å². The van der Waals surface area contributed by atoms with Crippen LogP contribution in [0.4, 0.5) is 5.69 Å². The zero-order chi connectivity index (χ0) is 20.4. The van der Waals surface area contributed by atoms with E-state index in [9.17, 15) is 4.79 Å². The molecule has 0 bridgehead atoms. The van der Waals surface area contributed by atoms with E-state index in [2.05, 4.69) is 20.4 Å². The third-order valence-electron chi connectivity index (χ3n) is 3.94. The number of halogens is 3. The predicted molar refractivity (Wildman–Crippen MR) is 117 cm³/mol. The molecule has 0 radical (unpaired) electrons. The van der Waals surface area contributed by atoms with E-state index < -0.39 is 0 Å². The molecule has 0 atom stereocenters. The molecule has 0 unspecified atom stereocenters. The van der Waals surface area contributed by atoms with Crippen LogP contribution in [0.5, 0.6) is 0 Å². The fourth-order valence-corrected chi connectivity index (χ4v) is 3.85. The molecule has 0 aliphatic heterocycles. The highest BCUT2D eigenvalue weighted by molar-refractivity contribution is 8.00. The lowest BCUT2D eigenvalue weighted by molar-refractivity contribution is -0.113. The van der Waals surface area contributed by atoms with Crippen molar-refractivity contribution in [2.75, 3.05) is 11.1 Å². The molecule has 0 fully saturated rings. The molecule has 0 saturated carbocycles. The normalized spacial score (nSPS) is 11.0. The number of benzene rings is 2. The number of nitrogens with zero attached hydrogens (tertiary/aromatic N) is 4. The highest BCUT2D eigenvalue weighted by Crippen LogP contribution is 2.28. The van der Waals surface area contributed by atoms with Crippen LogP contribution in [0, 0.1) is 0 Å². The van der Waals surface area contributed by atoms with Gasteiger partial charge in [-0.15, -0.1) is 0 Å². The Morgan fingerprint density at radius 2 is 1.79 bits per heavy atom. The highest BCUT2D eigenvalue weighted by Gasteiger charge is 2.14. The lowest BCUT2D eigenvalue weighted by Crippen LogP contribution is -2.14. The lowest BCUT2D eigenvalue weighted by Gasteiger charge is -2.08. The summed E-state index contributed by atoms with van der Waals surface area (Å²) in [5, 5.41) is 10.1. The second-order valence-corrected chi connectivity index (χ2v) is 8.15. The molecule has 146 valence electrons. The monoisotopic (exact) mass is 463 g/mol. The van der Waals surface area contributed by atoms with Crippen molar-refractivity contribution < 1.29 is 4.79 Å². The fraction of sp³-hybridized carbons (Fsp3) is 0.0526. The van der Waals surface area contributed by atoms with Gasteiger partial charge in [-0.05, 0) is 42.5 Å². The molecule has 2 aromatic heterocycles. The molecule has 0 spiro atoms. The molecule has 1 N–H and O–H groups in total. The summed E-state index contributed by atoms with van der Waals surface area (Å²) in [7, 11) is 0. The van der Waals surface area contributed by atoms with E-state index in [1.807, 2.05) is 12.1 Å². The van der Waals surface area contributed by atoms with E-state index in [4.69, 9.17) is 34.8 Å². The summed E-state index contributed by atoms with van der Waals surface area (Å²) >= 11 is 19.3. The third kappa shape index (κ3) is 4.48. The summed E-state index contributed by atoms with van der Waals surface area (Å²) in [5.74, 6) is -0.0859. The molecule has 6 nitrogen and oxygen atoms in total. The SMILES string of the molecule is O=C(CSc1ncnc2c1cnn2-c1ccc(Cl)cc1)Nc1cc(Cl)ccc1Cl. The topological polar surface area (TPSA) is 72.7 Å². The van der Waals surface area contributed by atoms with Gasteiger partial charge in [0.2, 0.25) is 5.91 Å². The van der Waals surface area contributed by atoms with Crippen molar-refractivity contribution in [3.63, 3.8) is 0 Å². The van der Waals surface area contributed by atoms with Gasteiger partial charge in [-0.25, -0.2) is 14.6 Å². The van der Waals surface area contributed by atoms with Gasteiger partial charge in [-0.3, -0.25) is 4.79 Å². The molecule has 2 heterocycles. The Balaban J connectivity index is 1.52. The van der Waals surface area contributed by atoms with Gasteiger partial charge in [0.25, 0.3) is 0 Å². The summed E-state index contributed by atoms with van der Waals surface area (Å²) in [5.41, 5.74) is 1.93. The van der Waals surface area contributed by atoms with Crippen molar-refractivity contribution in [2.45, 2.75) is 5.03 Å². The first kappa shape index (κ1) is 20.0. The first-order chi connectivity index (χ1) is 14.0. The number of thioether (sulfide) groups is 1. The van der Waals surface area contributed by atoms with Gasteiger partial charge < -0.3 is 5.32 Å². The van der Waals surface area contributed by atoms with Crippen molar-refractivity contribution in [1.29, 1.82) is 0 Å². The fourth-order valence-electron chi connectivity index (χ4n) is 2.62. The molecule has 10 heteroatoms. The Hall–Kier alpha value is -2.32. The van der Waals surface area contributed by atoms with Gasteiger partial charge >= 0.3 is 0 Å². The van der Waals surface area contributed by atoms with Crippen LogP contribution in [0.15, 0.2) is 60.0 Å². The average Bonchev–Trinajstić information content (AvgIpc) is 3.14. The highest BCUT2D eigenvalue weighted by atomic mass is 35.5. The maximum atomic E-state index is 12.3. The van der Waals surface area contributed by atoms with Gasteiger partial charge in [0, 0.05) is 10.0 Å². The number of amides is 1. The van der Waals surface area contributed by atoms with Crippen LogP contribution in [-0.4, -0.2) is 31.4 Å². The van der Waals surface area contributed by atoms with Gasteiger partial charge in [0.1, 0.15) is 11.4 Å². The number of carbonyl (C=O) groups excluding carboxylic acids is 1. The number of fused-ring (bicyclic) bond motifs is 1. The summed E-state index contributed by atoms with van der Waals surface area (Å²) in [6.45, 7) is 0.